The van der Waals surface area contributed by atoms with E-state index in [0.717, 1.165) is 22.7 Å². The molecular weight excluding hydrogens is 394 g/mol. The standard InChI is InChI=1S/C24H23N3O4/c1-16-12-20(17(2)27(16)15-22-8-5-11-30-22)9-10-23(28)31-18(3)24(29)26-21-7-4-6-19(13-21)14-25/h4-13,18H,15H2,1-3H3,(H,26,29)/b10-9+/t18-/m1/s1. The van der Waals surface area contributed by atoms with Crippen LogP contribution >= 0.6 is 0 Å². The van der Waals surface area contributed by atoms with Crippen LogP contribution in [-0.4, -0.2) is 22.5 Å². The monoisotopic (exact) mass is 417 g/mol. The molecule has 0 aliphatic rings. The molecule has 0 radical (unpaired) electrons. The molecule has 0 unspecified atom stereocenters. The van der Waals surface area contributed by atoms with Crippen molar-refractivity contribution in [3.63, 3.8) is 0 Å². The zero-order valence-electron chi connectivity index (χ0n) is 17.6. The molecule has 0 saturated heterocycles. The quantitative estimate of drug-likeness (QED) is 0.459. The molecule has 0 saturated carbocycles. The minimum atomic E-state index is -0.991. The molecule has 31 heavy (non-hydrogen) atoms. The SMILES string of the molecule is Cc1cc(/C=C/C(=O)O[C@H](C)C(=O)Nc2cccc(C#N)c2)c(C)n1Cc1ccco1. The summed E-state index contributed by atoms with van der Waals surface area (Å²) in [5.41, 5.74) is 3.79. The summed E-state index contributed by atoms with van der Waals surface area (Å²) in [5.74, 6) is -0.255. The normalized spacial score (nSPS) is 11.8. The van der Waals surface area contributed by atoms with Crippen molar-refractivity contribution in [1.29, 1.82) is 5.26 Å². The third kappa shape index (κ3) is 5.52. The molecule has 0 aliphatic carbocycles. The van der Waals surface area contributed by atoms with Crippen LogP contribution in [0.25, 0.3) is 6.08 Å². The van der Waals surface area contributed by atoms with Crippen LogP contribution in [-0.2, 0) is 20.9 Å². The van der Waals surface area contributed by atoms with Crippen LogP contribution in [0.15, 0.2) is 59.2 Å². The number of furan rings is 1. The molecule has 3 rings (SSSR count). The van der Waals surface area contributed by atoms with Gasteiger partial charge in [-0.05, 0) is 68.8 Å². The van der Waals surface area contributed by atoms with Crippen molar-refractivity contribution in [3.05, 3.63) is 83.1 Å². The molecule has 0 bridgehead atoms. The average Bonchev–Trinajstić information content (AvgIpc) is 3.36. The molecular formula is C24H23N3O4. The van der Waals surface area contributed by atoms with Gasteiger partial charge in [-0.2, -0.15) is 5.26 Å². The fourth-order valence-corrected chi connectivity index (χ4v) is 3.13. The first-order chi connectivity index (χ1) is 14.9. The Morgan fingerprint density at radius 2 is 2.06 bits per heavy atom. The molecule has 2 aromatic heterocycles. The highest BCUT2D eigenvalue weighted by Gasteiger charge is 2.17. The summed E-state index contributed by atoms with van der Waals surface area (Å²) in [6.07, 6.45) is 3.62. The van der Waals surface area contributed by atoms with E-state index in [1.54, 1.807) is 36.6 Å². The molecule has 0 fully saturated rings. The minimum Gasteiger partial charge on any atom is -0.467 e. The molecule has 1 N–H and O–H groups in total. The molecule has 1 atom stereocenters. The molecule has 7 heteroatoms. The second-order valence-corrected chi connectivity index (χ2v) is 7.09. The zero-order chi connectivity index (χ0) is 22.4. The van der Waals surface area contributed by atoms with E-state index in [1.165, 1.54) is 13.0 Å². The Kier molecular flexibility index (Phi) is 6.73. The topological polar surface area (TPSA) is 97.3 Å². The van der Waals surface area contributed by atoms with Crippen LogP contribution < -0.4 is 5.32 Å². The maximum absolute atomic E-state index is 12.3. The van der Waals surface area contributed by atoms with Crippen molar-refractivity contribution in [1.82, 2.24) is 4.57 Å². The first-order valence-electron chi connectivity index (χ1n) is 9.76. The fourth-order valence-electron chi connectivity index (χ4n) is 3.13. The number of aryl methyl sites for hydroxylation is 1. The first-order valence-corrected chi connectivity index (χ1v) is 9.76. The fraction of sp³-hybridized carbons (Fsp3) is 0.208. The van der Waals surface area contributed by atoms with E-state index in [4.69, 9.17) is 14.4 Å². The Morgan fingerprint density at radius 3 is 2.77 bits per heavy atom. The number of nitrogens with zero attached hydrogens (tertiary/aromatic N) is 2. The van der Waals surface area contributed by atoms with Gasteiger partial charge in [-0.3, -0.25) is 4.79 Å². The van der Waals surface area contributed by atoms with Crippen LogP contribution in [0.4, 0.5) is 5.69 Å². The van der Waals surface area contributed by atoms with Gasteiger partial charge in [0.05, 0.1) is 24.4 Å². The van der Waals surface area contributed by atoms with E-state index in [9.17, 15) is 9.59 Å². The number of esters is 1. The largest absolute Gasteiger partial charge is 0.467 e. The van der Waals surface area contributed by atoms with E-state index in [-0.39, 0.29) is 0 Å². The van der Waals surface area contributed by atoms with Crippen LogP contribution in [0.5, 0.6) is 0 Å². The summed E-state index contributed by atoms with van der Waals surface area (Å²) in [5, 5.41) is 11.6. The molecule has 1 amide bonds. The van der Waals surface area contributed by atoms with Crippen molar-refractivity contribution in [3.8, 4) is 6.07 Å². The van der Waals surface area contributed by atoms with Crippen LogP contribution in [0.2, 0.25) is 0 Å². The molecule has 158 valence electrons. The predicted molar refractivity (Wildman–Crippen MR) is 116 cm³/mol. The van der Waals surface area contributed by atoms with Crippen molar-refractivity contribution in [2.45, 2.75) is 33.4 Å². The lowest BCUT2D eigenvalue weighted by atomic mass is 10.2. The third-order valence-corrected chi connectivity index (χ3v) is 4.83. The summed E-state index contributed by atoms with van der Waals surface area (Å²) in [6, 6.07) is 14.2. The Bertz CT molecular complexity index is 1150. The molecule has 2 heterocycles. The number of carbonyl (C=O) groups excluding carboxylic acids is 2. The van der Waals surface area contributed by atoms with Crippen molar-refractivity contribution in [2.75, 3.05) is 5.32 Å². The van der Waals surface area contributed by atoms with Gasteiger partial charge < -0.3 is 19.0 Å². The number of carbonyl (C=O) groups is 2. The Balaban J connectivity index is 1.59. The molecule has 7 nitrogen and oxygen atoms in total. The molecule has 0 spiro atoms. The second kappa shape index (κ2) is 9.63. The highest BCUT2D eigenvalue weighted by Crippen LogP contribution is 2.19. The van der Waals surface area contributed by atoms with Crippen molar-refractivity contribution >= 4 is 23.6 Å². The number of benzene rings is 1. The van der Waals surface area contributed by atoms with Crippen molar-refractivity contribution in [2.24, 2.45) is 0 Å². The Morgan fingerprint density at radius 1 is 1.26 bits per heavy atom. The summed E-state index contributed by atoms with van der Waals surface area (Å²) in [4.78, 5) is 24.5. The smallest absolute Gasteiger partial charge is 0.331 e. The van der Waals surface area contributed by atoms with E-state index >= 15 is 0 Å². The number of aromatic nitrogens is 1. The molecule has 1 aromatic carbocycles. The average molecular weight is 417 g/mol. The van der Waals surface area contributed by atoms with Gasteiger partial charge in [0.1, 0.15) is 5.76 Å². The van der Waals surface area contributed by atoms with Gasteiger partial charge in [-0.15, -0.1) is 0 Å². The highest BCUT2D eigenvalue weighted by atomic mass is 16.5. The lowest BCUT2D eigenvalue weighted by molar-refractivity contribution is -0.148. The number of hydrogen-bond acceptors (Lipinski definition) is 5. The number of rotatable bonds is 7. The highest BCUT2D eigenvalue weighted by molar-refractivity contribution is 5.96. The number of amides is 1. The van der Waals surface area contributed by atoms with Gasteiger partial charge in [0.25, 0.3) is 5.91 Å². The zero-order valence-corrected chi connectivity index (χ0v) is 17.6. The lowest BCUT2D eigenvalue weighted by Crippen LogP contribution is -2.29. The lowest BCUT2D eigenvalue weighted by Gasteiger charge is -2.12. The maximum Gasteiger partial charge on any atom is 0.331 e. The van der Waals surface area contributed by atoms with Gasteiger partial charge in [0.2, 0.25) is 0 Å². The van der Waals surface area contributed by atoms with Crippen LogP contribution in [0, 0.1) is 25.2 Å². The van der Waals surface area contributed by atoms with Gasteiger partial charge in [0, 0.05) is 23.2 Å². The number of nitrogens with one attached hydrogen (secondary N) is 1. The van der Waals surface area contributed by atoms with Crippen molar-refractivity contribution < 1.29 is 18.7 Å². The van der Waals surface area contributed by atoms with Crippen LogP contribution in [0.3, 0.4) is 0 Å². The molecule has 3 aromatic rings. The summed E-state index contributed by atoms with van der Waals surface area (Å²) < 4.78 is 12.7. The summed E-state index contributed by atoms with van der Waals surface area (Å²) in [6.45, 7) is 6.04. The Labute approximate surface area is 180 Å². The first kappa shape index (κ1) is 21.7. The number of hydrogen-bond donors (Lipinski definition) is 1. The second-order valence-electron chi connectivity index (χ2n) is 7.09. The predicted octanol–water partition coefficient (Wildman–Crippen LogP) is 4.20. The third-order valence-electron chi connectivity index (χ3n) is 4.83. The minimum absolute atomic E-state index is 0.426. The van der Waals surface area contributed by atoms with E-state index in [2.05, 4.69) is 9.88 Å². The van der Waals surface area contributed by atoms with Gasteiger partial charge in [-0.1, -0.05) is 6.07 Å². The summed E-state index contributed by atoms with van der Waals surface area (Å²) >= 11 is 0. The van der Waals surface area contributed by atoms with E-state index < -0.39 is 18.0 Å². The van der Waals surface area contributed by atoms with Gasteiger partial charge in [0.15, 0.2) is 6.10 Å². The van der Waals surface area contributed by atoms with E-state index in [1.807, 2.05) is 38.1 Å². The number of nitriles is 1. The van der Waals surface area contributed by atoms with Gasteiger partial charge >= 0.3 is 5.97 Å². The van der Waals surface area contributed by atoms with E-state index in [0.29, 0.717) is 17.8 Å². The maximum atomic E-state index is 12.3. The summed E-state index contributed by atoms with van der Waals surface area (Å²) in [7, 11) is 0. The Hall–Kier alpha value is -4.05. The number of ether oxygens (including phenoxy) is 1. The molecule has 0 aliphatic heterocycles. The van der Waals surface area contributed by atoms with Gasteiger partial charge in [-0.25, -0.2) is 4.79 Å². The number of anilines is 1. The van der Waals surface area contributed by atoms with Crippen LogP contribution in [0.1, 0.15) is 35.2 Å².